The molecule has 0 saturated carbocycles. The van der Waals surface area contributed by atoms with Gasteiger partial charge in [-0.1, -0.05) is 23.2 Å². The third-order valence-electron chi connectivity index (χ3n) is 2.41. The van der Waals surface area contributed by atoms with Gasteiger partial charge in [0.05, 0.1) is 21.3 Å². The van der Waals surface area contributed by atoms with Gasteiger partial charge in [0.25, 0.3) is 11.6 Å². The number of aromatic nitrogens is 1. The topological polar surface area (TPSA) is 85.1 Å². The number of hydrogen-bond acceptors (Lipinski definition) is 4. The number of nitro groups is 1. The Kier molecular flexibility index (Phi) is 4.76. The first-order valence-corrected chi connectivity index (χ1v) is 6.99. The number of non-ortho nitro benzene ring substituents is 1. The number of nitrogens with one attached hydrogen (secondary N) is 1. The molecular formula is C12H6BrCl2N3O3. The van der Waals surface area contributed by atoms with Crippen LogP contribution in [0.1, 0.15) is 10.4 Å². The van der Waals surface area contributed by atoms with Gasteiger partial charge in [-0.25, -0.2) is 4.98 Å². The van der Waals surface area contributed by atoms with Gasteiger partial charge in [-0.3, -0.25) is 14.9 Å². The quantitative estimate of drug-likeness (QED) is 0.480. The van der Waals surface area contributed by atoms with Gasteiger partial charge in [-0.05, 0) is 28.1 Å². The highest BCUT2D eigenvalue weighted by Crippen LogP contribution is 2.24. The Bertz CT molecular complexity index is 740. The van der Waals surface area contributed by atoms with E-state index in [1.165, 1.54) is 18.3 Å². The summed E-state index contributed by atoms with van der Waals surface area (Å²) >= 11 is 14.7. The largest absolute Gasteiger partial charge is 0.321 e. The number of carbonyl (C=O) groups excluding carboxylic acids is 1. The Morgan fingerprint density at radius 2 is 2.00 bits per heavy atom. The number of pyridine rings is 1. The summed E-state index contributed by atoms with van der Waals surface area (Å²) in [6.07, 6.45) is 1.37. The second-order valence-electron chi connectivity index (χ2n) is 3.91. The zero-order valence-corrected chi connectivity index (χ0v) is 13.2. The van der Waals surface area contributed by atoms with Gasteiger partial charge in [0.15, 0.2) is 0 Å². The van der Waals surface area contributed by atoms with Crippen LogP contribution in [0.3, 0.4) is 0 Å². The summed E-state index contributed by atoms with van der Waals surface area (Å²) in [6, 6.07) is 5.20. The van der Waals surface area contributed by atoms with Crippen LogP contribution in [-0.2, 0) is 0 Å². The summed E-state index contributed by atoms with van der Waals surface area (Å²) in [5.41, 5.74) is 0.197. The van der Waals surface area contributed by atoms with E-state index < -0.39 is 10.8 Å². The predicted molar refractivity (Wildman–Crippen MR) is 83.0 cm³/mol. The number of anilines is 1. The molecule has 0 aliphatic heterocycles. The molecule has 0 bridgehead atoms. The van der Waals surface area contributed by atoms with Crippen LogP contribution in [0.25, 0.3) is 0 Å². The smallest absolute Gasteiger partial charge is 0.271 e. The van der Waals surface area contributed by atoms with Crippen LogP contribution in [0, 0.1) is 10.1 Å². The molecule has 0 fully saturated rings. The van der Waals surface area contributed by atoms with Crippen molar-refractivity contribution in [1.29, 1.82) is 0 Å². The number of amides is 1. The molecule has 1 N–H and O–H groups in total. The highest BCUT2D eigenvalue weighted by molar-refractivity contribution is 9.10. The molecule has 1 aromatic carbocycles. The molecule has 1 aromatic heterocycles. The van der Waals surface area contributed by atoms with Crippen LogP contribution < -0.4 is 5.32 Å². The minimum Gasteiger partial charge on any atom is -0.321 e. The molecule has 1 amide bonds. The van der Waals surface area contributed by atoms with Crippen LogP contribution in [0.2, 0.25) is 10.2 Å². The molecule has 0 spiro atoms. The Balaban J connectivity index is 2.27. The number of benzene rings is 1. The molecule has 2 rings (SSSR count). The number of nitro benzene ring substituents is 1. The maximum absolute atomic E-state index is 12.1. The summed E-state index contributed by atoms with van der Waals surface area (Å²) in [6.45, 7) is 0. The summed E-state index contributed by atoms with van der Waals surface area (Å²) in [4.78, 5) is 26.1. The van der Waals surface area contributed by atoms with Crippen LogP contribution in [0.5, 0.6) is 0 Å². The zero-order chi connectivity index (χ0) is 15.6. The average molecular weight is 391 g/mol. The van der Waals surface area contributed by atoms with E-state index in [0.717, 1.165) is 6.07 Å². The van der Waals surface area contributed by atoms with Crippen molar-refractivity contribution in [3.63, 3.8) is 0 Å². The van der Waals surface area contributed by atoms with E-state index >= 15 is 0 Å². The molecule has 21 heavy (non-hydrogen) atoms. The van der Waals surface area contributed by atoms with Crippen molar-refractivity contribution in [1.82, 2.24) is 4.98 Å². The molecule has 0 aliphatic rings. The van der Waals surface area contributed by atoms with Crippen molar-refractivity contribution >= 4 is 56.4 Å². The van der Waals surface area contributed by atoms with Crippen LogP contribution >= 0.6 is 39.1 Å². The van der Waals surface area contributed by atoms with E-state index in [9.17, 15) is 14.9 Å². The fourth-order valence-corrected chi connectivity index (χ4v) is 2.19. The lowest BCUT2D eigenvalue weighted by atomic mass is 10.2. The first-order valence-electron chi connectivity index (χ1n) is 5.44. The third-order valence-corrected chi connectivity index (χ3v) is 3.76. The highest BCUT2D eigenvalue weighted by Gasteiger charge is 2.14. The molecular weight excluding hydrogens is 385 g/mol. The van der Waals surface area contributed by atoms with Crippen LogP contribution in [0.4, 0.5) is 11.4 Å². The van der Waals surface area contributed by atoms with Gasteiger partial charge in [0.2, 0.25) is 0 Å². The van der Waals surface area contributed by atoms with Gasteiger partial charge in [-0.2, -0.15) is 0 Å². The average Bonchev–Trinajstić information content (AvgIpc) is 2.42. The van der Waals surface area contributed by atoms with E-state index in [4.69, 9.17) is 23.2 Å². The lowest BCUT2D eigenvalue weighted by Gasteiger charge is -2.06. The number of rotatable bonds is 3. The Labute approximate surface area is 137 Å². The van der Waals surface area contributed by atoms with Crippen molar-refractivity contribution in [2.45, 2.75) is 0 Å². The summed E-state index contributed by atoms with van der Waals surface area (Å²) in [5, 5.41) is 13.7. The summed E-state index contributed by atoms with van der Waals surface area (Å²) < 4.78 is 0.513. The number of halogens is 3. The molecule has 0 radical (unpaired) electrons. The monoisotopic (exact) mass is 389 g/mol. The van der Waals surface area contributed by atoms with Gasteiger partial charge < -0.3 is 5.32 Å². The Hall–Kier alpha value is -1.70. The normalized spacial score (nSPS) is 10.2. The van der Waals surface area contributed by atoms with Crippen molar-refractivity contribution in [2.24, 2.45) is 0 Å². The second-order valence-corrected chi connectivity index (χ2v) is 5.55. The summed E-state index contributed by atoms with van der Waals surface area (Å²) in [7, 11) is 0. The molecule has 0 aliphatic carbocycles. The lowest BCUT2D eigenvalue weighted by molar-refractivity contribution is -0.384. The Morgan fingerprint density at radius 1 is 1.29 bits per heavy atom. The molecule has 108 valence electrons. The standard InChI is InChI=1S/C12H6BrCl2N3O3/c13-10-4-8(5-16-11(10)15)17-12(19)6-1-7(14)3-9(2-6)18(20)21/h1-5H,(H,17,19). The molecule has 0 unspecified atom stereocenters. The molecule has 1 heterocycles. The second kappa shape index (κ2) is 6.38. The van der Waals surface area contributed by atoms with E-state index in [-0.39, 0.29) is 21.4 Å². The van der Waals surface area contributed by atoms with Crippen molar-refractivity contribution in [3.8, 4) is 0 Å². The molecule has 9 heteroatoms. The van der Waals surface area contributed by atoms with E-state index in [0.29, 0.717) is 10.2 Å². The maximum atomic E-state index is 12.1. The fraction of sp³-hybridized carbons (Fsp3) is 0. The molecule has 0 saturated heterocycles. The van der Waals surface area contributed by atoms with Gasteiger partial charge in [0.1, 0.15) is 5.15 Å². The predicted octanol–water partition coefficient (Wildman–Crippen LogP) is 4.31. The third kappa shape index (κ3) is 3.90. The SMILES string of the molecule is O=C(Nc1cnc(Cl)c(Br)c1)c1cc(Cl)cc([N+](=O)[O-])c1. The minimum atomic E-state index is -0.622. The van der Waals surface area contributed by atoms with Crippen LogP contribution in [0.15, 0.2) is 34.9 Å². The van der Waals surface area contributed by atoms with E-state index in [1.807, 2.05) is 0 Å². The van der Waals surface area contributed by atoms with Gasteiger partial charge in [-0.15, -0.1) is 0 Å². The number of carbonyl (C=O) groups is 1. The molecule has 6 nitrogen and oxygen atoms in total. The minimum absolute atomic E-state index is 0.0697. The summed E-state index contributed by atoms with van der Waals surface area (Å²) in [5.74, 6) is -0.545. The maximum Gasteiger partial charge on any atom is 0.271 e. The lowest BCUT2D eigenvalue weighted by Crippen LogP contribution is -2.12. The van der Waals surface area contributed by atoms with Crippen molar-refractivity contribution in [2.75, 3.05) is 5.32 Å². The first kappa shape index (κ1) is 15.7. The van der Waals surface area contributed by atoms with Crippen LogP contribution in [-0.4, -0.2) is 15.8 Å². The van der Waals surface area contributed by atoms with Gasteiger partial charge in [0, 0.05) is 22.7 Å². The highest BCUT2D eigenvalue weighted by atomic mass is 79.9. The zero-order valence-electron chi connectivity index (χ0n) is 10.1. The molecule has 0 atom stereocenters. The molecule has 2 aromatic rings. The first-order chi connectivity index (χ1) is 9.86. The fourth-order valence-electron chi connectivity index (χ4n) is 1.50. The van der Waals surface area contributed by atoms with Gasteiger partial charge >= 0.3 is 0 Å². The van der Waals surface area contributed by atoms with Crippen molar-refractivity contribution < 1.29 is 9.72 Å². The van der Waals surface area contributed by atoms with E-state index in [2.05, 4.69) is 26.2 Å². The van der Waals surface area contributed by atoms with Crippen molar-refractivity contribution in [3.05, 3.63) is 60.8 Å². The number of nitrogens with zero attached hydrogens (tertiary/aromatic N) is 2. The Morgan fingerprint density at radius 3 is 2.62 bits per heavy atom. The number of hydrogen-bond donors (Lipinski definition) is 1. The van der Waals surface area contributed by atoms with E-state index in [1.54, 1.807) is 6.07 Å².